The number of hydrogen-bond acceptors (Lipinski definition) is 3. The smallest absolute Gasteiger partial charge is 0.238 e. The second-order valence-electron chi connectivity index (χ2n) is 4.84. The third-order valence-corrected chi connectivity index (χ3v) is 4.08. The maximum absolute atomic E-state index is 11.4. The molecule has 5 heteroatoms. The molecule has 2 aromatic rings. The van der Waals surface area contributed by atoms with Gasteiger partial charge in [-0.15, -0.1) is 0 Å². The minimum atomic E-state index is -3.69. The highest BCUT2D eigenvalue weighted by atomic mass is 32.2. The van der Waals surface area contributed by atoms with Gasteiger partial charge in [0, 0.05) is 0 Å². The summed E-state index contributed by atoms with van der Waals surface area (Å²) < 4.78 is 28.5. The summed E-state index contributed by atoms with van der Waals surface area (Å²) in [6.07, 6.45) is 0. The molecule has 2 aromatic carbocycles. The molecule has 0 heterocycles. The van der Waals surface area contributed by atoms with Crippen molar-refractivity contribution >= 4 is 10.0 Å². The first-order chi connectivity index (χ1) is 9.27. The average Bonchev–Trinajstić information content (AvgIpc) is 2.31. The summed E-state index contributed by atoms with van der Waals surface area (Å²) in [6, 6.07) is 10.6. The second kappa shape index (κ2) is 5.26. The average molecular weight is 291 g/mol. The van der Waals surface area contributed by atoms with E-state index in [-0.39, 0.29) is 4.90 Å². The molecule has 0 aliphatic heterocycles. The highest BCUT2D eigenvalue weighted by Crippen LogP contribution is 2.28. The minimum absolute atomic E-state index is 0.116. The topological polar surface area (TPSA) is 69.4 Å². The van der Waals surface area contributed by atoms with E-state index in [2.05, 4.69) is 0 Å². The molecule has 0 saturated heterocycles. The van der Waals surface area contributed by atoms with Gasteiger partial charge >= 0.3 is 0 Å². The Kier molecular flexibility index (Phi) is 3.83. The van der Waals surface area contributed by atoms with Crippen molar-refractivity contribution in [1.82, 2.24) is 0 Å². The number of nitrogens with two attached hydrogens (primary N) is 1. The molecule has 0 aliphatic rings. The first-order valence-electron chi connectivity index (χ1n) is 6.16. The zero-order valence-electron chi connectivity index (χ0n) is 11.7. The van der Waals surface area contributed by atoms with Crippen molar-refractivity contribution in [3.8, 4) is 11.5 Å². The van der Waals surface area contributed by atoms with E-state index in [1.807, 2.05) is 32.0 Å². The predicted octanol–water partition coefficient (Wildman–Crippen LogP) is 3.05. The summed E-state index contributed by atoms with van der Waals surface area (Å²) in [5.74, 6) is 1.33. The van der Waals surface area contributed by atoms with E-state index in [0.29, 0.717) is 11.3 Å². The van der Waals surface area contributed by atoms with Gasteiger partial charge in [-0.3, -0.25) is 0 Å². The van der Waals surface area contributed by atoms with Crippen LogP contribution in [0.25, 0.3) is 0 Å². The Morgan fingerprint density at radius 1 is 0.950 bits per heavy atom. The molecule has 0 unspecified atom stereocenters. The number of sulfonamides is 1. The SMILES string of the molecule is Cc1ccc(Oc2ccc(S(N)(=O)=O)c(C)c2)c(C)c1. The van der Waals surface area contributed by atoms with Crippen LogP contribution in [-0.4, -0.2) is 8.42 Å². The lowest BCUT2D eigenvalue weighted by Gasteiger charge is -2.11. The normalized spacial score (nSPS) is 11.4. The highest BCUT2D eigenvalue weighted by molar-refractivity contribution is 7.89. The van der Waals surface area contributed by atoms with E-state index < -0.39 is 10.0 Å². The van der Waals surface area contributed by atoms with Crippen molar-refractivity contribution in [2.24, 2.45) is 5.14 Å². The van der Waals surface area contributed by atoms with Crippen LogP contribution >= 0.6 is 0 Å². The molecule has 0 bridgehead atoms. The third-order valence-electron chi connectivity index (χ3n) is 3.01. The highest BCUT2D eigenvalue weighted by Gasteiger charge is 2.12. The van der Waals surface area contributed by atoms with Crippen molar-refractivity contribution in [2.75, 3.05) is 0 Å². The van der Waals surface area contributed by atoms with Crippen LogP contribution < -0.4 is 9.88 Å². The fourth-order valence-electron chi connectivity index (χ4n) is 2.05. The molecule has 0 atom stereocenters. The molecule has 0 radical (unpaired) electrons. The van der Waals surface area contributed by atoms with Crippen molar-refractivity contribution in [2.45, 2.75) is 25.7 Å². The third kappa shape index (κ3) is 3.18. The van der Waals surface area contributed by atoms with Gasteiger partial charge < -0.3 is 4.74 Å². The van der Waals surface area contributed by atoms with Gasteiger partial charge in [-0.2, -0.15) is 0 Å². The monoisotopic (exact) mass is 291 g/mol. The first-order valence-corrected chi connectivity index (χ1v) is 7.70. The Balaban J connectivity index is 2.34. The van der Waals surface area contributed by atoms with E-state index in [1.54, 1.807) is 19.1 Å². The van der Waals surface area contributed by atoms with Gasteiger partial charge in [0.2, 0.25) is 10.0 Å². The summed E-state index contributed by atoms with van der Waals surface area (Å²) in [6.45, 7) is 5.67. The molecule has 20 heavy (non-hydrogen) atoms. The lowest BCUT2D eigenvalue weighted by atomic mass is 10.1. The van der Waals surface area contributed by atoms with Crippen LogP contribution in [0, 0.1) is 20.8 Å². The fraction of sp³-hybridized carbons (Fsp3) is 0.200. The van der Waals surface area contributed by atoms with Crippen molar-refractivity contribution < 1.29 is 13.2 Å². The summed E-state index contributed by atoms with van der Waals surface area (Å²) in [4.78, 5) is 0.116. The molecule has 2 N–H and O–H groups in total. The van der Waals surface area contributed by atoms with Crippen LogP contribution in [0.15, 0.2) is 41.3 Å². The Morgan fingerprint density at radius 2 is 1.65 bits per heavy atom. The molecule has 0 spiro atoms. The number of benzene rings is 2. The van der Waals surface area contributed by atoms with Crippen LogP contribution in [0.1, 0.15) is 16.7 Å². The molecule has 0 saturated carbocycles. The molecule has 4 nitrogen and oxygen atoms in total. The maximum Gasteiger partial charge on any atom is 0.238 e. The van der Waals surface area contributed by atoms with Gasteiger partial charge in [0.1, 0.15) is 11.5 Å². The van der Waals surface area contributed by atoms with E-state index in [1.165, 1.54) is 6.07 Å². The maximum atomic E-state index is 11.4. The zero-order valence-corrected chi connectivity index (χ0v) is 12.5. The molecule has 106 valence electrons. The van der Waals surface area contributed by atoms with E-state index in [9.17, 15) is 8.42 Å². The Bertz CT molecular complexity index is 752. The molecule has 0 aliphatic carbocycles. The quantitative estimate of drug-likeness (QED) is 0.945. The van der Waals surface area contributed by atoms with Crippen molar-refractivity contribution in [1.29, 1.82) is 0 Å². The lowest BCUT2D eigenvalue weighted by molar-refractivity contribution is 0.477. The van der Waals surface area contributed by atoms with E-state index in [0.717, 1.165) is 16.9 Å². The lowest BCUT2D eigenvalue weighted by Crippen LogP contribution is -2.13. The van der Waals surface area contributed by atoms with Crippen LogP contribution in [-0.2, 0) is 10.0 Å². The Morgan fingerprint density at radius 3 is 2.20 bits per heavy atom. The summed E-state index contributed by atoms with van der Waals surface area (Å²) in [5, 5.41) is 5.13. The standard InChI is InChI=1S/C15H17NO3S/c1-10-4-6-14(11(2)8-10)19-13-5-7-15(12(3)9-13)20(16,17)18/h4-9H,1-3H3,(H2,16,17,18). The number of primary sulfonamides is 1. The molecule has 2 rings (SSSR count). The van der Waals surface area contributed by atoms with Crippen LogP contribution in [0.3, 0.4) is 0 Å². The van der Waals surface area contributed by atoms with Gasteiger partial charge in [0.25, 0.3) is 0 Å². The predicted molar refractivity (Wildman–Crippen MR) is 78.5 cm³/mol. The zero-order chi connectivity index (χ0) is 14.9. The molecule has 0 amide bonds. The molecular weight excluding hydrogens is 274 g/mol. The largest absolute Gasteiger partial charge is 0.457 e. The first kappa shape index (κ1) is 14.6. The summed E-state index contributed by atoms with van der Waals surface area (Å²) in [7, 11) is -3.69. The number of rotatable bonds is 3. The van der Waals surface area contributed by atoms with E-state index in [4.69, 9.17) is 9.88 Å². The summed E-state index contributed by atoms with van der Waals surface area (Å²) in [5.41, 5.74) is 2.75. The summed E-state index contributed by atoms with van der Waals surface area (Å²) >= 11 is 0. The Labute approximate surface area is 119 Å². The van der Waals surface area contributed by atoms with Crippen LogP contribution in [0.5, 0.6) is 11.5 Å². The van der Waals surface area contributed by atoms with Crippen LogP contribution in [0.4, 0.5) is 0 Å². The molecule has 0 fully saturated rings. The molecule has 0 aromatic heterocycles. The number of ether oxygens (including phenoxy) is 1. The fourth-order valence-corrected chi connectivity index (χ4v) is 2.81. The van der Waals surface area contributed by atoms with Gasteiger partial charge in [-0.1, -0.05) is 17.7 Å². The minimum Gasteiger partial charge on any atom is -0.457 e. The van der Waals surface area contributed by atoms with Gasteiger partial charge in [0.15, 0.2) is 0 Å². The van der Waals surface area contributed by atoms with Gasteiger partial charge in [-0.25, -0.2) is 13.6 Å². The van der Waals surface area contributed by atoms with E-state index >= 15 is 0 Å². The van der Waals surface area contributed by atoms with Crippen molar-refractivity contribution in [3.63, 3.8) is 0 Å². The Hall–Kier alpha value is -1.85. The van der Waals surface area contributed by atoms with Gasteiger partial charge in [-0.05, 0) is 56.2 Å². The van der Waals surface area contributed by atoms with Crippen LogP contribution in [0.2, 0.25) is 0 Å². The number of hydrogen-bond donors (Lipinski definition) is 1. The van der Waals surface area contributed by atoms with Crippen molar-refractivity contribution in [3.05, 3.63) is 53.1 Å². The number of aryl methyl sites for hydroxylation is 3. The van der Waals surface area contributed by atoms with Gasteiger partial charge in [0.05, 0.1) is 4.90 Å². The molecular formula is C15H17NO3S. The second-order valence-corrected chi connectivity index (χ2v) is 6.37.